The molecule has 0 fully saturated rings. The molecule has 1 aromatic carbocycles. The quantitative estimate of drug-likeness (QED) is 0.715. The number of amides is 1. The smallest absolute Gasteiger partial charge is 0.230 e. The molecule has 0 aliphatic rings. The molecule has 5 nitrogen and oxygen atoms in total. The highest BCUT2D eigenvalue weighted by Crippen LogP contribution is 2.17. The molecule has 0 saturated heterocycles. The van der Waals surface area contributed by atoms with Crippen molar-refractivity contribution >= 4 is 28.9 Å². The molecule has 0 saturated carbocycles. The van der Waals surface area contributed by atoms with Crippen LogP contribution in [-0.4, -0.2) is 16.1 Å². The molecule has 2 heterocycles. The van der Waals surface area contributed by atoms with Crippen LogP contribution in [0.4, 0.5) is 11.6 Å². The molecule has 6 heteroatoms. The fourth-order valence-corrected chi connectivity index (χ4v) is 2.98. The number of rotatable bonds is 6. The van der Waals surface area contributed by atoms with Gasteiger partial charge in [0, 0.05) is 10.9 Å². The summed E-state index contributed by atoms with van der Waals surface area (Å²) in [6, 6.07) is 17.7. The van der Waals surface area contributed by atoms with Gasteiger partial charge in [0.1, 0.15) is 5.82 Å². The maximum absolute atomic E-state index is 11.9. The predicted molar refractivity (Wildman–Crippen MR) is 97.2 cm³/mol. The Labute approximate surface area is 144 Å². The monoisotopic (exact) mass is 338 g/mol. The van der Waals surface area contributed by atoms with E-state index in [-0.39, 0.29) is 11.9 Å². The lowest BCUT2D eigenvalue weighted by Crippen LogP contribution is -2.15. The van der Waals surface area contributed by atoms with Crippen LogP contribution in [-0.2, 0) is 11.2 Å². The number of thiophene rings is 1. The van der Waals surface area contributed by atoms with E-state index in [1.54, 1.807) is 17.4 Å². The van der Waals surface area contributed by atoms with E-state index in [0.29, 0.717) is 18.1 Å². The van der Waals surface area contributed by atoms with Gasteiger partial charge in [0.05, 0.1) is 6.42 Å². The maximum Gasteiger partial charge on any atom is 0.230 e. The number of carbonyl (C=O) groups excluding carboxylic acids is 1. The number of anilines is 2. The van der Waals surface area contributed by atoms with Crippen LogP contribution in [0.3, 0.4) is 0 Å². The molecule has 1 atom stereocenters. The summed E-state index contributed by atoms with van der Waals surface area (Å²) in [5.74, 6) is 1.03. The second-order valence-electron chi connectivity index (χ2n) is 5.38. The topological polar surface area (TPSA) is 66.9 Å². The minimum atomic E-state index is -0.0925. The van der Waals surface area contributed by atoms with Crippen molar-refractivity contribution in [3.05, 3.63) is 70.4 Å². The van der Waals surface area contributed by atoms with Crippen molar-refractivity contribution in [2.45, 2.75) is 19.4 Å². The Hall–Kier alpha value is -2.73. The van der Waals surface area contributed by atoms with Crippen LogP contribution in [0, 0.1) is 0 Å². The van der Waals surface area contributed by atoms with Crippen molar-refractivity contribution in [3.8, 4) is 0 Å². The molecule has 2 aromatic heterocycles. The van der Waals surface area contributed by atoms with Gasteiger partial charge in [-0.05, 0) is 36.1 Å². The van der Waals surface area contributed by atoms with Gasteiger partial charge in [-0.1, -0.05) is 36.4 Å². The largest absolute Gasteiger partial charge is 0.362 e. The zero-order valence-corrected chi connectivity index (χ0v) is 14.1. The standard InChI is InChI=1S/C18H18N4OS/c1-13(14-6-3-2-4-7-14)19-16-9-10-17(22-21-16)20-18(23)12-15-8-5-11-24-15/h2-11,13H,12H2,1H3,(H,19,21)(H,20,22,23). The van der Waals surface area contributed by atoms with Crippen LogP contribution in [0.15, 0.2) is 60.0 Å². The van der Waals surface area contributed by atoms with Gasteiger partial charge in [-0.15, -0.1) is 21.5 Å². The van der Waals surface area contributed by atoms with Crippen LogP contribution < -0.4 is 10.6 Å². The second kappa shape index (κ2) is 7.70. The summed E-state index contributed by atoms with van der Waals surface area (Å²) >= 11 is 1.56. The van der Waals surface area contributed by atoms with Crippen LogP contribution in [0.1, 0.15) is 23.4 Å². The van der Waals surface area contributed by atoms with Crippen molar-refractivity contribution in [1.29, 1.82) is 0 Å². The third kappa shape index (κ3) is 4.39. The van der Waals surface area contributed by atoms with Crippen LogP contribution in [0.2, 0.25) is 0 Å². The van der Waals surface area contributed by atoms with E-state index >= 15 is 0 Å². The lowest BCUT2D eigenvalue weighted by molar-refractivity contribution is -0.115. The minimum absolute atomic E-state index is 0.0925. The number of nitrogens with zero attached hydrogens (tertiary/aromatic N) is 2. The maximum atomic E-state index is 11.9. The highest BCUT2D eigenvalue weighted by molar-refractivity contribution is 7.10. The summed E-state index contributed by atoms with van der Waals surface area (Å²) in [5, 5.41) is 16.2. The first-order valence-corrected chi connectivity index (χ1v) is 8.56. The van der Waals surface area contributed by atoms with E-state index in [2.05, 4.69) is 39.9 Å². The predicted octanol–water partition coefficient (Wildman–Crippen LogP) is 3.89. The van der Waals surface area contributed by atoms with Gasteiger partial charge < -0.3 is 10.6 Å². The summed E-state index contributed by atoms with van der Waals surface area (Å²) < 4.78 is 0. The number of aromatic nitrogens is 2. The summed E-state index contributed by atoms with van der Waals surface area (Å²) in [5.41, 5.74) is 1.17. The summed E-state index contributed by atoms with van der Waals surface area (Å²) in [4.78, 5) is 13.0. The van der Waals surface area contributed by atoms with E-state index in [4.69, 9.17) is 0 Å². The summed E-state index contributed by atoms with van der Waals surface area (Å²) in [7, 11) is 0. The second-order valence-corrected chi connectivity index (χ2v) is 6.42. The number of hydrogen-bond donors (Lipinski definition) is 2. The van der Waals surface area contributed by atoms with Gasteiger partial charge in [0.2, 0.25) is 5.91 Å². The molecule has 24 heavy (non-hydrogen) atoms. The Morgan fingerprint density at radius 1 is 1.04 bits per heavy atom. The van der Waals surface area contributed by atoms with Crippen molar-refractivity contribution in [3.63, 3.8) is 0 Å². The number of benzene rings is 1. The number of nitrogens with one attached hydrogen (secondary N) is 2. The van der Waals surface area contributed by atoms with Gasteiger partial charge in [0.15, 0.2) is 5.82 Å². The zero-order chi connectivity index (χ0) is 16.8. The molecule has 0 bridgehead atoms. The Balaban J connectivity index is 1.56. The SMILES string of the molecule is CC(Nc1ccc(NC(=O)Cc2cccs2)nn1)c1ccccc1. The van der Waals surface area contributed by atoms with Crippen LogP contribution in [0.25, 0.3) is 0 Å². The highest BCUT2D eigenvalue weighted by atomic mass is 32.1. The summed E-state index contributed by atoms with van der Waals surface area (Å²) in [6.07, 6.45) is 0.352. The average molecular weight is 338 g/mol. The first-order chi connectivity index (χ1) is 11.7. The Bertz CT molecular complexity index is 773. The number of carbonyl (C=O) groups is 1. The van der Waals surface area contributed by atoms with E-state index in [1.807, 2.05) is 41.8 Å². The van der Waals surface area contributed by atoms with Crippen molar-refractivity contribution in [1.82, 2.24) is 10.2 Å². The molecule has 2 N–H and O–H groups in total. The van der Waals surface area contributed by atoms with Gasteiger partial charge in [-0.3, -0.25) is 4.79 Å². The fourth-order valence-electron chi connectivity index (χ4n) is 2.28. The van der Waals surface area contributed by atoms with Crippen molar-refractivity contribution < 1.29 is 4.79 Å². The zero-order valence-electron chi connectivity index (χ0n) is 13.3. The van der Waals surface area contributed by atoms with E-state index < -0.39 is 0 Å². The van der Waals surface area contributed by atoms with Crippen molar-refractivity contribution in [2.75, 3.05) is 10.6 Å². The normalized spacial score (nSPS) is 11.7. The molecule has 122 valence electrons. The molecule has 1 unspecified atom stereocenters. The van der Waals surface area contributed by atoms with E-state index in [1.165, 1.54) is 5.56 Å². The first kappa shape index (κ1) is 16.1. The molecule has 0 spiro atoms. The Kier molecular flexibility index (Phi) is 5.18. The number of hydrogen-bond acceptors (Lipinski definition) is 5. The summed E-state index contributed by atoms with van der Waals surface area (Å²) in [6.45, 7) is 2.06. The van der Waals surface area contributed by atoms with E-state index in [9.17, 15) is 4.79 Å². The molecular weight excluding hydrogens is 320 g/mol. The van der Waals surface area contributed by atoms with Crippen LogP contribution in [0.5, 0.6) is 0 Å². The lowest BCUT2D eigenvalue weighted by atomic mass is 10.1. The lowest BCUT2D eigenvalue weighted by Gasteiger charge is -2.14. The van der Waals surface area contributed by atoms with Gasteiger partial charge in [-0.25, -0.2) is 0 Å². The molecule has 0 aliphatic heterocycles. The molecule has 0 aliphatic carbocycles. The minimum Gasteiger partial charge on any atom is -0.362 e. The van der Waals surface area contributed by atoms with Gasteiger partial charge >= 0.3 is 0 Å². The van der Waals surface area contributed by atoms with E-state index in [0.717, 1.165) is 4.88 Å². The molecule has 3 aromatic rings. The average Bonchev–Trinajstić information content (AvgIpc) is 3.10. The third-order valence-electron chi connectivity index (χ3n) is 3.51. The Morgan fingerprint density at radius 2 is 1.79 bits per heavy atom. The highest BCUT2D eigenvalue weighted by Gasteiger charge is 2.08. The van der Waals surface area contributed by atoms with Crippen molar-refractivity contribution in [2.24, 2.45) is 0 Å². The van der Waals surface area contributed by atoms with Crippen LogP contribution >= 0.6 is 11.3 Å². The molecule has 0 radical (unpaired) electrons. The van der Waals surface area contributed by atoms with Gasteiger partial charge in [-0.2, -0.15) is 0 Å². The molecule has 1 amide bonds. The third-order valence-corrected chi connectivity index (χ3v) is 4.39. The van der Waals surface area contributed by atoms with Gasteiger partial charge in [0.25, 0.3) is 0 Å². The molecular formula is C18H18N4OS. The molecule has 3 rings (SSSR count). The first-order valence-electron chi connectivity index (χ1n) is 7.68. The Morgan fingerprint density at radius 3 is 2.46 bits per heavy atom. The fraction of sp³-hybridized carbons (Fsp3) is 0.167.